The van der Waals surface area contributed by atoms with Crippen LogP contribution in [0.25, 0.3) is 0 Å². The summed E-state index contributed by atoms with van der Waals surface area (Å²) in [5.74, 6) is 0. The SMILES string of the molecule is O=P(O)(O)O.[CaH2].[CaH2].[CaH2].[Ti]. The van der Waals surface area contributed by atoms with Crippen LogP contribution in [-0.2, 0) is 26.3 Å². The molecule has 0 aliphatic rings. The molecule has 0 heterocycles. The summed E-state index contributed by atoms with van der Waals surface area (Å²) in [5.41, 5.74) is 0. The molecule has 0 aromatic carbocycles. The van der Waals surface area contributed by atoms with E-state index in [1.807, 2.05) is 0 Å². The summed E-state index contributed by atoms with van der Waals surface area (Å²) in [6, 6.07) is 0. The van der Waals surface area contributed by atoms with Crippen LogP contribution in [0.1, 0.15) is 0 Å². The van der Waals surface area contributed by atoms with E-state index >= 15 is 0 Å². The Morgan fingerprint density at radius 3 is 0.889 bits per heavy atom. The molecule has 0 rings (SSSR count). The van der Waals surface area contributed by atoms with E-state index in [1.54, 1.807) is 0 Å². The third-order valence-electron chi connectivity index (χ3n) is 0. The van der Waals surface area contributed by atoms with Crippen LogP contribution in [0.3, 0.4) is 0 Å². The van der Waals surface area contributed by atoms with Crippen LogP contribution < -0.4 is 0 Å². The number of phosphoric acid groups is 1. The Morgan fingerprint density at radius 1 is 0.889 bits per heavy atom. The Balaban J connectivity index is -0.0000000133. The van der Waals surface area contributed by atoms with Crippen molar-refractivity contribution in [3.05, 3.63) is 0 Å². The zero-order valence-electron chi connectivity index (χ0n) is 2.70. The molecule has 0 aromatic rings. The minimum Gasteiger partial charge on any atom is 0 e. The standard InChI is InChI=1S/3Ca.H3O4P.Ti.6H/c;;;1-5(2,3)4;;;;;;;/h;;;(H3,1,2,3,4);;;;;;;. The molecule has 0 amide bonds. The first-order valence-corrected chi connectivity index (χ1v) is 2.35. The van der Waals surface area contributed by atoms with Gasteiger partial charge >= 0.3 is 121 Å². The third-order valence-corrected chi connectivity index (χ3v) is 0. The summed E-state index contributed by atoms with van der Waals surface area (Å²) in [4.78, 5) is 21.6. The molecule has 0 fully saturated rings. The van der Waals surface area contributed by atoms with Crippen LogP contribution in [0.2, 0.25) is 0 Å². The van der Waals surface area contributed by atoms with Crippen LogP contribution in [0, 0.1) is 0 Å². The topological polar surface area (TPSA) is 77.8 Å². The molecule has 0 saturated carbocycles. The zero-order valence-corrected chi connectivity index (χ0v) is 5.15. The van der Waals surface area contributed by atoms with E-state index in [1.165, 1.54) is 0 Å². The molecule has 0 radical (unpaired) electrons. The average molecular weight is 272 g/mol. The van der Waals surface area contributed by atoms with Crippen molar-refractivity contribution in [1.82, 2.24) is 0 Å². The first-order chi connectivity index (χ1) is 2.00. The van der Waals surface area contributed by atoms with Crippen LogP contribution in [0.4, 0.5) is 0 Å². The minimum atomic E-state index is -4.64. The fourth-order valence-electron chi connectivity index (χ4n) is 0. The maximum absolute atomic E-state index is 8.88. The monoisotopic (exact) mass is 272 g/mol. The predicted molar refractivity (Wildman–Crippen MR) is 39.9 cm³/mol. The Kier molecular flexibility index (Phi) is 49.0. The molecule has 0 aliphatic carbocycles. The molecular weight excluding hydrogens is 263 g/mol. The molecule has 0 aromatic heterocycles. The van der Waals surface area contributed by atoms with Gasteiger partial charge in [0.25, 0.3) is 0 Å². The van der Waals surface area contributed by atoms with Gasteiger partial charge in [0.2, 0.25) is 0 Å². The summed E-state index contributed by atoms with van der Waals surface area (Å²) in [7, 11) is -4.64. The molecular formula is H9Ca3O4PTi. The Bertz CT molecular complexity index is 61.9. The smallest absolute Gasteiger partial charge is 0 e. The molecule has 0 saturated heterocycles. The van der Waals surface area contributed by atoms with Crippen molar-refractivity contribution in [2.24, 2.45) is 0 Å². The van der Waals surface area contributed by atoms with Gasteiger partial charge in [-0.2, -0.15) is 0 Å². The second-order valence-corrected chi connectivity index (χ2v) is 1.54. The van der Waals surface area contributed by atoms with Crippen LogP contribution in [0.15, 0.2) is 0 Å². The van der Waals surface area contributed by atoms with Gasteiger partial charge in [-0.3, -0.25) is 0 Å². The van der Waals surface area contributed by atoms with Gasteiger partial charge in [-0.25, -0.2) is 4.57 Å². The molecule has 4 nitrogen and oxygen atoms in total. The normalized spacial score (nSPS) is 6.56. The summed E-state index contributed by atoms with van der Waals surface area (Å²) >= 11 is 0. The fourth-order valence-corrected chi connectivity index (χ4v) is 0. The van der Waals surface area contributed by atoms with Gasteiger partial charge < -0.3 is 14.7 Å². The average Bonchev–Trinajstić information content (AvgIpc) is 0.722. The van der Waals surface area contributed by atoms with E-state index in [9.17, 15) is 0 Å². The van der Waals surface area contributed by atoms with E-state index in [0.29, 0.717) is 0 Å². The van der Waals surface area contributed by atoms with Gasteiger partial charge in [-0.15, -0.1) is 0 Å². The van der Waals surface area contributed by atoms with E-state index in [4.69, 9.17) is 19.2 Å². The first-order valence-electron chi connectivity index (χ1n) is 0.783. The van der Waals surface area contributed by atoms with E-state index < -0.39 is 7.82 Å². The summed E-state index contributed by atoms with van der Waals surface area (Å²) in [6.45, 7) is 0. The van der Waals surface area contributed by atoms with Gasteiger partial charge in [0.05, 0.1) is 0 Å². The van der Waals surface area contributed by atoms with Crippen LogP contribution in [0.5, 0.6) is 0 Å². The second kappa shape index (κ2) is 15.1. The van der Waals surface area contributed by atoms with Gasteiger partial charge in [0.15, 0.2) is 0 Å². The van der Waals surface area contributed by atoms with Crippen molar-refractivity contribution >= 4 is 121 Å². The summed E-state index contributed by atoms with van der Waals surface area (Å²) < 4.78 is 8.88. The first kappa shape index (κ1) is 29.2. The van der Waals surface area contributed by atoms with Gasteiger partial charge in [-0.05, 0) is 0 Å². The Morgan fingerprint density at radius 2 is 0.889 bits per heavy atom. The molecule has 0 spiro atoms. The predicted octanol–water partition coefficient (Wildman–Crippen LogP) is -3.68. The largest absolute Gasteiger partial charge is 0 e. The molecule has 0 bridgehead atoms. The molecule has 9 heteroatoms. The van der Waals surface area contributed by atoms with Crippen molar-refractivity contribution in [3.63, 3.8) is 0 Å². The Hall–Kier alpha value is 4.60. The van der Waals surface area contributed by atoms with E-state index in [0.717, 1.165) is 0 Å². The summed E-state index contributed by atoms with van der Waals surface area (Å²) in [6.07, 6.45) is 0. The van der Waals surface area contributed by atoms with Gasteiger partial charge in [-0.1, -0.05) is 0 Å². The van der Waals surface area contributed by atoms with Crippen molar-refractivity contribution in [1.29, 1.82) is 0 Å². The van der Waals surface area contributed by atoms with E-state index in [-0.39, 0.29) is 135 Å². The molecule has 48 valence electrons. The van der Waals surface area contributed by atoms with Gasteiger partial charge in [0.1, 0.15) is 0 Å². The molecule has 0 atom stereocenters. The molecule has 3 N–H and O–H groups in total. The third kappa shape index (κ3) is 66.9. The quantitative estimate of drug-likeness (QED) is 0.313. The van der Waals surface area contributed by atoms with Crippen molar-refractivity contribution in [3.8, 4) is 0 Å². The van der Waals surface area contributed by atoms with Crippen molar-refractivity contribution in [2.45, 2.75) is 0 Å². The van der Waals surface area contributed by atoms with Crippen molar-refractivity contribution < 1.29 is 41.0 Å². The maximum Gasteiger partial charge on any atom is 0 e. The fraction of sp³-hybridized carbons (Fsp3) is 0. The second-order valence-electron chi connectivity index (χ2n) is 0.513. The molecule has 0 unspecified atom stereocenters. The number of rotatable bonds is 0. The maximum atomic E-state index is 8.88. The zero-order chi connectivity index (χ0) is 4.50. The van der Waals surface area contributed by atoms with Gasteiger partial charge in [0, 0.05) is 21.7 Å². The number of hydrogen-bond donors (Lipinski definition) is 3. The molecule has 9 heavy (non-hydrogen) atoms. The van der Waals surface area contributed by atoms with E-state index in [2.05, 4.69) is 0 Å². The minimum absolute atomic E-state index is 0. The van der Waals surface area contributed by atoms with Crippen LogP contribution in [-0.4, -0.2) is 128 Å². The molecule has 0 aliphatic heterocycles. The van der Waals surface area contributed by atoms with Crippen molar-refractivity contribution in [2.75, 3.05) is 0 Å². The summed E-state index contributed by atoms with van der Waals surface area (Å²) in [5, 5.41) is 0. The number of hydrogen-bond acceptors (Lipinski definition) is 1. The van der Waals surface area contributed by atoms with Crippen LogP contribution >= 0.6 is 7.82 Å². The Labute approximate surface area is 158 Å².